The third kappa shape index (κ3) is 3.69. The van der Waals surface area contributed by atoms with Crippen molar-refractivity contribution >= 4 is 6.09 Å². The highest BCUT2D eigenvalue weighted by Crippen LogP contribution is 1.95. The predicted octanol–water partition coefficient (Wildman–Crippen LogP) is -0.677. The number of hydrogen-bond donors (Lipinski definition) is 2. The van der Waals surface area contributed by atoms with Crippen molar-refractivity contribution in [3.63, 3.8) is 0 Å². The fourth-order valence-electron chi connectivity index (χ4n) is 0.253. The zero-order valence-electron chi connectivity index (χ0n) is 5.63. The third-order valence-electron chi connectivity index (χ3n) is 0.770. The fraction of sp³-hybridized carbons (Fsp3) is 0.600. The molecule has 10 heavy (non-hydrogen) atoms. The summed E-state index contributed by atoms with van der Waals surface area (Å²) >= 11 is 0. The molecule has 0 heterocycles. The summed E-state index contributed by atoms with van der Waals surface area (Å²) in [5.41, 5.74) is 8.75. The summed E-state index contributed by atoms with van der Waals surface area (Å²) in [6, 6.07) is 1.74. The van der Waals surface area contributed by atoms with Crippen LogP contribution in [0.3, 0.4) is 0 Å². The van der Waals surface area contributed by atoms with Gasteiger partial charge in [0.2, 0.25) is 0 Å². The van der Waals surface area contributed by atoms with Crippen molar-refractivity contribution in [2.45, 2.75) is 12.5 Å². The van der Waals surface area contributed by atoms with E-state index in [9.17, 15) is 4.79 Å². The molecule has 0 saturated heterocycles. The first-order valence-corrected chi connectivity index (χ1v) is 2.60. The average Bonchev–Trinajstić information content (AvgIpc) is 1.85. The summed E-state index contributed by atoms with van der Waals surface area (Å²) in [7, 11) is 0. The van der Waals surface area contributed by atoms with Crippen molar-refractivity contribution < 1.29 is 9.53 Å². The van der Waals surface area contributed by atoms with Gasteiger partial charge in [-0.3, -0.25) is 0 Å². The van der Waals surface area contributed by atoms with E-state index in [2.05, 4.69) is 10.5 Å². The molecular weight excluding hydrogens is 134 g/mol. The second kappa shape index (κ2) is 3.03. The smallest absolute Gasteiger partial charge is 0.404 e. The number of hydrogen-bond acceptors (Lipinski definition) is 4. The fourth-order valence-corrected chi connectivity index (χ4v) is 0.253. The lowest BCUT2D eigenvalue weighted by molar-refractivity contribution is 0.141. The van der Waals surface area contributed by atoms with Crippen LogP contribution in [0.15, 0.2) is 0 Å². The van der Waals surface area contributed by atoms with Gasteiger partial charge in [-0.1, -0.05) is 0 Å². The van der Waals surface area contributed by atoms with Gasteiger partial charge in [-0.25, -0.2) is 4.79 Å². The summed E-state index contributed by atoms with van der Waals surface area (Å²) in [5, 5.41) is 8.30. The molecule has 0 aromatic carbocycles. The standard InChI is InChI=1S/C5H9N3O2/c1-5(8,2-6)3-10-4(7)9/h3,8H2,1H3,(H2,7,9). The van der Waals surface area contributed by atoms with Crippen LogP contribution in [0.25, 0.3) is 0 Å². The van der Waals surface area contributed by atoms with Gasteiger partial charge >= 0.3 is 6.09 Å². The van der Waals surface area contributed by atoms with E-state index in [4.69, 9.17) is 11.0 Å². The van der Waals surface area contributed by atoms with E-state index >= 15 is 0 Å². The zero-order chi connectivity index (χ0) is 8.20. The molecule has 0 aliphatic carbocycles. The predicted molar refractivity (Wildman–Crippen MR) is 33.7 cm³/mol. The zero-order valence-corrected chi connectivity index (χ0v) is 5.63. The molecule has 1 atom stereocenters. The number of amides is 1. The molecule has 0 aliphatic rings. The molecule has 0 spiro atoms. The molecule has 0 rings (SSSR count). The van der Waals surface area contributed by atoms with E-state index in [1.807, 2.05) is 0 Å². The Hall–Kier alpha value is -1.28. The van der Waals surface area contributed by atoms with E-state index in [1.54, 1.807) is 6.07 Å². The van der Waals surface area contributed by atoms with Crippen molar-refractivity contribution in [1.29, 1.82) is 5.26 Å². The molecule has 4 N–H and O–H groups in total. The summed E-state index contributed by atoms with van der Waals surface area (Å²) in [4.78, 5) is 10.00. The minimum absolute atomic E-state index is 0.182. The molecule has 0 fully saturated rings. The van der Waals surface area contributed by atoms with Crippen molar-refractivity contribution in [3.8, 4) is 6.07 Å². The first-order valence-electron chi connectivity index (χ1n) is 2.60. The van der Waals surface area contributed by atoms with Crippen LogP contribution >= 0.6 is 0 Å². The second-order valence-electron chi connectivity index (χ2n) is 2.14. The Bertz CT molecular complexity index is 170. The van der Waals surface area contributed by atoms with Crippen molar-refractivity contribution in [1.82, 2.24) is 0 Å². The number of primary amides is 1. The Morgan fingerprint density at radius 1 is 1.90 bits per heavy atom. The maximum absolute atomic E-state index is 10.00. The number of nitrogens with zero attached hydrogens (tertiary/aromatic N) is 1. The molecule has 0 aromatic heterocycles. The number of nitriles is 1. The molecule has 5 nitrogen and oxygen atoms in total. The lowest BCUT2D eigenvalue weighted by atomic mass is 10.1. The van der Waals surface area contributed by atoms with Gasteiger partial charge in [0.05, 0.1) is 6.07 Å². The molecule has 0 aliphatic heterocycles. The van der Waals surface area contributed by atoms with Crippen molar-refractivity contribution in [2.24, 2.45) is 11.5 Å². The number of nitrogens with two attached hydrogens (primary N) is 2. The summed E-state index contributed by atoms with van der Waals surface area (Å²) in [6.45, 7) is 1.26. The topological polar surface area (TPSA) is 102 Å². The maximum Gasteiger partial charge on any atom is 0.404 e. The quantitative estimate of drug-likeness (QED) is 0.534. The SMILES string of the molecule is CC(N)(C#N)COC(N)=O. The van der Waals surface area contributed by atoms with Crippen LogP contribution in [0.2, 0.25) is 0 Å². The van der Waals surface area contributed by atoms with Crippen LogP contribution in [0.4, 0.5) is 4.79 Å². The number of ether oxygens (including phenoxy) is 1. The molecule has 0 radical (unpaired) electrons. The van der Waals surface area contributed by atoms with Crippen LogP contribution in [-0.2, 0) is 4.74 Å². The van der Waals surface area contributed by atoms with Gasteiger partial charge in [0.25, 0.3) is 0 Å². The van der Waals surface area contributed by atoms with Crippen molar-refractivity contribution in [3.05, 3.63) is 0 Å². The molecule has 0 saturated carbocycles. The molecular formula is C5H9N3O2. The Kier molecular flexibility index (Phi) is 2.65. The highest BCUT2D eigenvalue weighted by molar-refractivity contribution is 5.64. The Balaban J connectivity index is 3.71. The summed E-state index contributed by atoms with van der Waals surface area (Å²) in [6.07, 6.45) is -0.924. The van der Waals surface area contributed by atoms with Gasteiger partial charge in [-0.15, -0.1) is 0 Å². The maximum atomic E-state index is 10.00. The summed E-state index contributed by atoms with van der Waals surface area (Å²) in [5.74, 6) is 0. The molecule has 0 aromatic rings. The first kappa shape index (κ1) is 8.72. The molecule has 56 valence electrons. The minimum Gasteiger partial charge on any atom is -0.447 e. The van der Waals surface area contributed by atoms with Gasteiger partial charge in [-0.05, 0) is 6.92 Å². The van der Waals surface area contributed by atoms with Crippen LogP contribution in [-0.4, -0.2) is 18.2 Å². The van der Waals surface area contributed by atoms with Gasteiger partial charge in [0, 0.05) is 0 Å². The monoisotopic (exact) mass is 143 g/mol. The van der Waals surface area contributed by atoms with Crippen LogP contribution < -0.4 is 11.5 Å². The van der Waals surface area contributed by atoms with E-state index < -0.39 is 11.6 Å². The Morgan fingerprint density at radius 3 is 2.70 bits per heavy atom. The largest absolute Gasteiger partial charge is 0.447 e. The van der Waals surface area contributed by atoms with Crippen molar-refractivity contribution in [2.75, 3.05) is 6.61 Å². The number of carbonyl (C=O) groups is 1. The molecule has 0 bridgehead atoms. The van der Waals surface area contributed by atoms with E-state index in [1.165, 1.54) is 6.92 Å². The van der Waals surface area contributed by atoms with E-state index in [-0.39, 0.29) is 6.61 Å². The van der Waals surface area contributed by atoms with Crippen LogP contribution in [0.1, 0.15) is 6.92 Å². The normalized spacial score (nSPS) is 14.9. The molecule has 1 unspecified atom stereocenters. The van der Waals surface area contributed by atoms with Crippen LogP contribution in [0.5, 0.6) is 0 Å². The minimum atomic E-state index is -1.14. The Labute approximate surface area is 58.5 Å². The third-order valence-corrected chi connectivity index (χ3v) is 0.770. The summed E-state index contributed by atoms with van der Waals surface area (Å²) < 4.78 is 4.29. The van der Waals surface area contributed by atoms with Crippen LogP contribution in [0, 0.1) is 11.3 Å². The first-order chi connectivity index (χ1) is 4.48. The lowest BCUT2D eigenvalue weighted by Gasteiger charge is -2.13. The molecule has 1 amide bonds. The second-order valence-corrected chi connectivity index (χ2v) is 2.14. The lowest BCUT2D eigenvalue weighted by Crippen LogP contribution is -2.40. The van der Waals surface area contributed by atoms with E-state index in [0.29, 0.717) is 0 Å². The van der Waals surface area contributed by atoms with Gasteiger partial charge in [0.1, 0.15) is 12.1 Å². The van der Waals surface area contributed by atoms with Gasteiger partial charge < -0.3 is 16.2 Å². The highest BCUT2D eigenvalue weighted by Gasteiger charge is 2.18. The van der Waals surface area contributed by atoms with Gasteiger partial charge in [-0.2, -0.15) is 5.26 Å². The number of rotatable bonds is 2. The highest BCUT2D eigenvalue weighted by atomic mass is 16.5. The van der Waals surface area contributed by atoms with E-state index in [0.717, 1.165) is 0 Å². The molecule has 5 heteroatoms. The Morgan fingerprint density at radius 2 is 2.40 bits per heavy atom. The number of carbonyl (C=O) groups excluding carboxylic acids is 1. The van der Waals surface area contributed by atoms with Gasteiger partial charge in [0.15, 0.2) is 0 Å². The average molecular weight is 143 g/mol.